The first kappa shape index (κ1) is 14.6. The van der Waals surface area contributed by atoms with Gasteiger partial charge in [-0.3, -0.25) is 0 Å². The van der Waals surface area contributed by atoms with Crippen LogP contribution in [0.1, 0.15) is 24.2 Å². The standard InChI is InChI=1S/C15H14Br2O2/c1-9-7-11(4-6-14(9)16)19-12-3-5-13(10(2)18)15(17)8-12/h3-8,10,18H,1-2H3/t10-/m1/s1. The van der Waals surface area contributed by atoms with E-state index in [0.717, 1.165) is 31.6 Å². The van der Waals surface area contributed by atoms with E-state index < -0.39 is 6.10 Å². The third-order valence-corrected chi connectivity index (χ3v) is 4.36. The van der Waals surface area contributed by atoms with Gasteiger partial charge in [-0.05, 0) is 55.3 Å². The third kappa shape index (κ3) is 3.59. The van der Waals surface area contributed by atoms with Gasteiger partial charge in [0.15, 0.2) is 0 Å². The Morgan fingerprint density at radius 1 is 1.00 bits per heavy atom. The van der Waals surface area contributed by atoms with E-state index in [1.165, 1.54) is 0 Å². The highest BCUT2D eigenvalue weighted by Crippen LogP contribution is 2.31. The summed E-state index contributed by atoms with van der Waals surface area (Å²) in [5, 5.41) is 9.58. The molecule has 1 atom stereocenters. The summed E-state index contributed by atoms with van der Waals surface area (Å²) in [6, 6.07) is 11.4. The van der Waals surface area contributed by atoms with Gasteiger partial charge in [0.05, 0.1) is 6.10 Å². The van der Waals surface area contributed by atoms with Crippen molar-refractivity contribution in [2.75, 3.05) is 0 Å². The maximum atomic E-state index is 9.58. The summed E-state index contributed by atoms with van der Waals surface area (Å²) < 4.78 is 7.70. The van der Waals surface area contributed by atoms with Crippen LogP contribution < -0.4 is 4.74 Å². The van der Waals surface area contributed by atoms with Crippen molar-refractivity contribution in [3.63, 3.8) is 0 Å². The van der Waals surface area contributed by atoms with Gasteiger partial charge in [0, 0.05) is 8.95 Å². The minimum absolute atomic E-state index is 0.502. The van der Waals surface area contributed by atoms with Gasteiger partial charge in [0.25, 0.3) is 0 Å². The van der Waals surface area contributed by atoms with Gasteiger partial charge < -0.3 is 9.84 Å². The molecule has 0 spiro atoms. The molecule has 2 rings (SSSR count). The van der Waals surface area contributed by atoms with Gasteiger partial charge in [-0.25, -0.2) is 0 Å². The SMILES string of the molecule is Cc1cc(Oc2ccc([C@@H](C)O)c(Br)c2)ccc1Br. The predicted molar refractivity (Wildman–Crippen MR) is 83.7 cm³/mol. The Bertz CT molecular complexity index is 595. The van der Waals surface area contributed by atoms with Gasteiger partial charge in [-0.1, -0.05) is 37.9 Å². The first-order valence-corrected chi connectivity index (χ1v) is 7.47. The molecule has 19 heavy (non-hydrogen) atoms. The first-order valence-electron chi connectivity index (χ1n) is 5.89. The summed E-state index contributed by atoms with van der Waals surface area (Å²) in [7, 11) is 0. The van der Waals surface area contributed by atoms with E-state index in [9.17, 15) is 5.11 Å². The second-order valence-corrected chi connectivity index (χ2v) is 6.08. The molecular weight excluding hydrogens is 372 g/mol. The Hall–Kier alpha value is -0.840. The van der Waals surface area contributed by atoms with E-state index in [2.05, 4.69) is 31.9 Å². The van der Waals surface area contributed by atoms with Crippen LogP contribution in [0.3, 0.4) is 0 Å². The molecule has 0 amide bonds. The molecule has 0 unspecified atom stereocenters. The lowest BCUT2D eigenvalue weighted by atomic mass is 10.1. The van der Waals surface area contributed by atoms with Gasteiger partial charge in [-0.2, -0.15) is 0 Å². The fourth-order valence-electron chi connectivity index (χ4n) is 1.73. The van der Waals surface area contributed by atoms with Gasteiger partial charge in [0.2, 0.25) is 0 Å². The topological polar surface area (TPSA) is 29.5 Å². The van der Waals surface area contributed by atoms with E-state index in [-0.39, 0.29) is 0 Å². The van der Waals surface area contributed by atoms with Crippen LogP contribution in [0.2, 0.25) is 0 Å². The summed E-state index contributed by atoms with van der Waals surface area (Å²) in [5.41, 5.74) is 1.97. The third-order valence-electron chi connectivity index (χ3n) is 2.79. The van der Waals surface area contributed by atoms with Crippen LogP contribution in [0.4, 0.5) is 0 Å². The molecule has 0 aliphatic heterocycles. The highest BCUT2D eigenvalue weighted by molar-refractivity contribution is 9.10. The second kappa shape index (κ2) is 6.07. The Labute approximate surface area is 129 Å². The molecule has 0 bridgehead atoms. The van der Waals surface area contributed by atoms with Crippen molar-refractivity contribution in [1.29, 1.82) is 0 Å². The second-order valence-electron chi connectivity index (χ2n) is 4.37. The van der Waals surface area contributed by atoms with Crippen LogP contribution in [0, 0.1) is 6.92 Å². The van der Waals surface area contributed by atoms with Crippen LogP contribution in [0.5, 0.6) is 11.5 Å². The smallest absolute Gasteiger partial charge is 0.128 e. The Kier molecular flexibility index (Phi) is 4.66. The quantitative estimate of drug-likeness (QED) is 0.769. The number of hydrogen-bond donors (Lipinski definition) is 1. The fraction of sp³-hybridized carbons (Fsp3) is 0.200. The summed E-state index contributed by atoms with van der Waals surface area (Å²) in [6.45, 7) is 3.75. The van der Waals surface area contributed by atoms with Crippen molar-refractivity contribution in [2.45, 2.75) is 20.0 Å². The monoisotopic (exact) mass is 384 g/mol. The van der Waals surface area contributed by atoms with E-state index >= 15 is 0 Å². The molecule has 2 aromatic rings. The van der Waals surface area contributed by atoms with Crippen molar-refractivity contribution in [3.05, 3.63) is 56.5 Å². The molecule has 0 radical (unpaired) electrons. The number of aliphatic hydroxyl groups excluding tert-OH is 1. The summed E-state index contributed by atoms with van der Waals surface area (Å²) in [4.78, 5) is 0. The van der Waals surface area contributed by atoms with Gasteiger partial charge >= 0.3 is 0 Å². The molecule has 0 heterocycles. The maximum Gasteiger partial charge on any atom is 0.128 e. The molecule has 4 heteroatoms. The Morgan fingerprint density at radius 3 is 2.21 bits per heavy atom. The zero-order valence-electron chi connectivity index (χ0n) is 10.7. The number of benzene rings is 2. The van der Waals surface area contributed by atoms with Crippen LogP contribution in [-0.2, 0) is 0 Å². The summed E-state index contributed by atoms with van der Waals surface area (Å²) in [6.07, 6.45) is -0.502. The highest BCUT2D eigenvalue weighted by Gasteiger charge is 2.08. The van der Waals surface area contributed by atoms with Crippen LogP contribution >= 0.6 is 31.9 Å². The van der Waals surface area contributed by atoms with E-state index in [1.54, 1.807) is 6.92 Å². The van der Waals surface area contributed by atoms with Crippen LogP contribution in [-0.4, -0.2) is 5.11 Å². The average Bonchev–Trinajstić information content (AvgIpc) is 2.33. The van der Waals surface area contributed by atoms with Crippen molar-refractivity contribution >= 4 is 31.9 Å². The predicted octanol–water partition coefficient (Wildman–Crippen LogP) is 5.37. The summed E-state index contributed by atoms with van der Waals surface area (Å²) in [5.74, 6) is 1.52. The number of ether oxygens (including phenoxy) is 1. The first-order chi connectivity index (χ1) is 8.97. The molecule has 2 aromatic carbocycles. The molecule has 0 aliphatic carbocycles. The minimum atomic E-state index is -0.502. The zero-order chi connectivity index (χ0) is 14.0. The largest absolute Gasteiger partial charge is 0.457 e. The zero-order valence-corrected chi connectivity index (χ0v) is 13.8. The normalized spacial score (nSPS) is 12.3. The molecular formula is C15H14Br2O2. The van der Waals surface area contributed by atoms with Crippen molar-refractivity contribution in [1.82, 2.24) is 0 Å². The highest BCUT2D eigenvalue weighted by atomic mass is 79.9. The lowest BCUT2D eigenvalue weighted by Crippen LogP contribution is -1.93. The molecule has 0 saturated carbocycles. The Morgan fingerprint density at radius 2 is 1.63 bits per heavy atom. The summed E-state index contributed by atoms with van der Waals surface area (Å²) >= 11 is 6.90. The molecule has 100 valence electrons. The van der Waals surface area contributed by atoms with Crippen molar-refractivity contribution < 1.29 is 9.84 Å². The van der Waals surface area contributed by atoms with E-state index in [4.69, 9.17) is 4.74 Å². The molecule has 0 aromatic heterocycles. The molecule has 0 fully saturated rings. The number of aryl methyl sites for hydroxylation is 1. The average molecular weight is 386 g/mol. The van der Waals surface area contributed by atoms with Crippen LogP contribution in [0.25, 0.3) is 0 Å². The maximum absolute atomic E-state index is 9.58. The minimum Gasteiger partial charge on any atom is -0.457 e. The van der Waals surface area contributed by atoms with E-state index in [0.29, 0.717) is 0 Å². The molecule has 2 nitrogen and oxygen atoms in total. The van der Waals surface area contributed by atoms with Gasteiger partial charge in [0.1, 0.15) is 11.5 Å². The molecule has 0 aliphatic rings. The van der Waals surface area contributed by atoms with Crippen molar-refractivity contribution in [3.8, 4) is 11.5 Å². The molecule has 1 N–H and O–H groups in total. The number of hydrogen-bond acceptors (Lipinski definition) is 2. The lowest BCUT2D eigenvalue weighted by molar-refractivity contribution is 0.198. The number of aliphatic hydroxyl groups is 1. The van der Waals surface area contributed by atoms with Gasteiger partial charge in [-0.15, -0.1) is 0 Å². The lowest BCUT2D eigenvalue weighted by Gasteiger charge is -2.11. The van der Waals surface area contributed by atoms with Crippen molar-refractivity contribution in [2.24, 2.45) is 0 Å². The Balaban J connectivity index is 2.24. The van der Waals surface area contributed by atoms with E-state index in [1.807, 2.05) is 43.3 Å². The molecule has 0 saturated heterocycles. The fourth-order valence-corrected chi connectivity index (χ4v) is 2.66. The van der Waals surface area contributed by atoms with Crippen LogP contribution in [0.15, 0.2) is 45.3 Å². The number of halogens is 2. The number of rotatable bonds is 3.